The van der Waals surface area contributed by atoms with Gasteiger partial charge in [-0.3, -0.25) is 4.79 Å². The third-order valence-electron chi connectivity index (χ3n) is 3.82. The maximum absolute atomic E-state index is 12.7. The van der Waals surface area contributed by atoms with Gasteiger partial charge in [0.25, 0.3) is 5.91 Å². The van der Waals surface area contributed by atoms with Crippen molar-refractivity contribution in [2.24, 2.45) is 4.99 Å². The quantitative estimate of drug-likeness (QED) is 0.539. The zero-order chi connectivity index (χ0) is 18.1. The van der Waals surface area contributed by atoms with Gasteiger partial charge >= 0.3 is 0 Å². The van der Waals surface area contributed by atoms with E-state index in [0.29, 0.717) is 27.0 Å². The van der Waals surface area contributed by atoms with Crippen LogP contribution in [-0.4, -0.2) is 10.5 Å². The molecule has 1 heterocycles. The maximum atomic E-state index is 12.7. The maximum Gasteiger partial charge on any atom is 0.279 e. The SMILES string of the molecule is C=CCn1c(=NC(=O)c2ccc(C)cc2C)sc2cc(Cl)cc(Cl)c21. The van der Waals surface area contributed by atoms with Crippen LogP contribution in [-0.2, 0) is 6.54 Å². The Morgan fingerprint density at radius 1 is 1.28 bits per heavy atom. The summed E-state index contributed by atoms with van der Waals surface area (Å²) in [7, 11) is 0. The average molecular weight is 391 g/mol. The van der Waals surface area contributed by atoms with Crippen LogP contribution in [0, 0.1) is 13.8 Å². The summed E-state index contributed by atoms with van der Waals surface area (Å²) in [4.78, 5) is 17.6. The summed E-state index contributed by atoms with van der Waals surface area (Å²) in [6.07, 6.45) is 1.75. The summed E-state index contributed by atoms with van der Waals surface area (Å²) < 4.78 is 2.76. The largest absolute Gasteiger partial charge is 0.311 e. The van der Waals surface area contributed by atoms with Crippen LogP contribution in [0.4, 0.5) is 0 Å². The third kappa shape index (κ3) is 3.56. The van der Waals surface area contributed by atoms with Gasteiger partial charge in [-0.05, 0) is 37.6 Å². The Kier molecular flexibility index (Phi) is 5.13. The molecule has 0 unspecified atom stereocenters. The van der Waals surface area contributed by atoms with Crippen molar-refractivity contribution >= 4 is 50.7 Å². The van der Waals surface area contributed by atoms with Crippen molar-refractivity contribution in [1.29, 1.82) is 0 Å². The molecule has 3 nitrogen and oxygen atoms in total. The van der Waals surface area contributed by atoms with Gasteiger partial charge in [0, 0.05) is 17.1 Å². The van der Waals surface area contributed by atoms with Crippen molar-refractivity contribution < 1.29 is 4.79 Å². The highest BCUT2D eigenvalue weighted by Gasteiger charge is 2.13. The van der Waals surface area contributed by atoms with Crippen molar-refractivity contribution in [2.45, 2.75) is 20.4 Å². The smallest absolute Gasteiger partial charge is 0.279 e. The molecule has 0 saturated heterocycles. The van der Waals surface area contributed by atoms with E-state index in [1.54, 1.807) is 12.1 Å². The van der Waals surface area contributed by atoms with Crippen LogP contribution in [0.1, 0.15) is 21.5 Å². The summed E-state index contributed by atoms with van der Waals surface area (Å²) in [5, 5.41) is 1.08. The number of aryl methyl sites for hydroxylation is 2. The summed E-state index contributed by atoms with van der Waals surface area (Å²) in [5.74, 6) is -0.274. The Labute approximate surface area is 159 Å². The summed E-state index contributed by atoms with van der Waals surface area (Å²) in [6, 6.07) is 9.21. The van der Waals surface area contributed by atoms with Crippen molar-refractivity contribution in [2.75, 3.05) is 0 Å². The van der Waals surface area contributed by atoms with Crippen LogP contribution in [0.2, 0.25) is 10.0 Å². The van der Waals surface area contributed by atoms with E-state index in [2.05, 4.69) is 11.6 Å². The highest BCUT2D eigenvalue weighted by Crippen LogP contribution is 2.29. The molecule has 0 aliphatic carbocycles. The molecule has 0 radical (unpaired) electrons. The van der Waals surface area contributed by atoms with E-state index in [1.165, 1.54) is 11.3 Å². The molecular formula is C19H16Cl2N2OS. The van der Waals surface area contributed by atoms with Gasteiger partial charge in [-0.15, -0.1) is 6.58 Å². The second-order valence-electron chi connectivity index (χ2n) is 5.75. The molecule has 0 aliphatic heterocycles. The Morgan fingerprint density at radius 3 is 2.72 bits per heavy atom. The molecular weight excluding hydrogens is 375 g/mol. The number of hydrogen-bond donors (Lipinski definition) is 0. The van der Waals surface area contributed by atoms with Crippen molar-refractivity contribution in [1.82, 2.24) is 4.57 Å². The predicted octanol–water partition coefficient (Wildman–Crippen LogP) is 5.55. The molecule has 6 heteroatoms. The molecule has 128 valence electrons. The zero-order valence-corrected chi connectivity index (χ0v) is 16.2. The first kappa shape index (κ1) is 17.9. The molecule has 25 heavy (non-hydrogen) atoms. The first-order chi connectivity index (χ1) is 11.9. The lowest BCUT2D eigenvalue weighted by atomic mass is 10.1. The lowest BCUT2D eigenvalue weighted by Gasteiger charge is -2.04. The fourth-order valence-corrected chi connectivity index (χ4v) is 4.53. The van der Waals surface area contributed by atoms with Crippen LogP contribution in [0.5, 0.6) is 0 Å². The van der Waals surface area contributed by atoms with Crippen molar-refractivity contribution in [3.63, 3.8) is 0 Å². The number of allylic oxidation sites excluding steroid dienone is 1. The Balaban J connectivity index is 2.21. The molecule has 0 aliphatic rings. The molecule has 2 aromatic carbocycles. The van der Waals surface area contributed by atoms with Crippen LogP contribution in [0.3, 0.4) is 0 Å². The number of carbonyl (C=O) groups is 1. The van der Waals surface area contributed by atoms with Crippen LogP contribution in [0.25, 0.3) is 10.2 Å². The first-order valence-corrected chi connectivity index (χ1v) is 9.23. The van der Waals surface area contributed by atoms with Gasteiger partial charge in [0.05, 0.1) is 15.2 Å². The predicted molar refractivity (Wildman–Crippen MR) is 106 cm³/mol. The normalized spacial score (nSPS) is 11.9. The van der Waals surface area contributed by atoms with Gasteiger partial charge in [0.15, 0.2) is 4.80 Å². The van der Waals surface area contributed by atoms with Gasteiger partial charge in [-0.25, -0.2) is 0 Å². The molecule has 1 amide bonds. The fraction of sp³-hybridized carbons (Fsp3) is 0.158. The topological polar surface area (TPSA) is 34.4 Å². The molecule has 0 atom stereocenters. The number of fused-ring (bicyclic) bond motifs is 1. The number of thiazole rings is 1. The van der Waals surface area contributed by atoms with E-state index >= 15 is 0 Å². The van der Waals surface area contributed by atoms with Gasteiger partial charge in [0.1, 0.15) is 0 Å². The van der Waals surface area contributed by atoms with Crippen LogP contribution in [0.15, 0.2) is 48.0 Å². The minimum Gasteiger partial charge on any atom is -0.311 e. The van der Waals surface area contributed by atoms with Crippen molar-refractivity contribution in [3.8, 4) is 0 Å². The number of amides is 1. The van der Waals surface area contributed by atoms with E-state index in [9.17, 15) is 4.79 Å². The van der Waals surface area contributed by atoms with Gasteiger partial charge < -0.3 is 4.57 Å². The summed E-state index contributed by atoms with van der Waals surface area (Å²) in [5.41, 5.74) is 3.42. The van der Waals surface area contributed by atoms with Gasteiger partial charge in [-0.2, -0.15) is 4.99 Å². The molecule has 0 N–H and O–H groups in total. The second kappa shape index (κ2) is 7.16. The van der Waals surface area contributed by atoms with Crippen LogP contribution >= 0.6 is 34.5 Å². The number of halogens is 2. The van der Waals surface area contributed by atoms with Crippen molar-refractivity contribution in [3.05, 3.63) is 74.5 Å². The lowest BCUT2D eigenvalue weighted by Crippen LogP contribution is -2.16. The summed E-state index contributed by atoms with van der Waals surface area (Å²) >= 11 is 13.8. The Bertz CT molecular complexity index is 1060. The number of hydrogen-bond acceptors (Lipinski definition) is 2. The van der Waals surface area contributed by atoms with Gasteiger partial charge in [-0.1, -0.05) is 58.3 Å². The number of benzene rings is 2. The fourth-order valence-electron chi connectivity index (χ4n) is 2.71. The first-order valence-electron chi connectivity index (χ1n) is 7.66. The van der Waals surface area contributed by atoms with Gasteiger partial charge in [0.2, 0.25) is 0 Å². The highest BCUT2D eigenvalue weighted by atomic mass is 35.5. The zero-order valence-electron chi connectivity index (χ0n) is 13.8. The minimum absolute atomic E-state index is 0.274. The Hall–Kier alpha value is -1.88. The number of nitrogens with zero attached hydrogens (tertiary/aromatic N) is 2. The third-order valence-corrected chi connectivity index (χ3v) is 5.35. The minimum atomic E-state index is -0.274. The lowest BCUT2D eigenvalue weighted by molar-refractivity contribution is 0.0997. The average Bonchev–Trinajstić information content (AvgIpc) is 2.85. The molecule has 1 aromatic heterocycles. The van der Waals surface area contributed by atoms with Crippen LogP contribution < -0.4 is 4.80 Å². The molecule has 3 rings (SSSR count). The molecule has 0 fully saturated rings. The van der Waals surface area contributed by atoms with E-state index in [0.717, 1.165) is 21.3 Å². The molecule has 0 saturated carbocycles. The number of carbonyl (C=O) groups excluding carboxylic acids is 1. The molecule has 0 spiro atoms. The highest BCUT2D eigenvalue weighted by molar-refractivity contribution is 7.16. The molecule has 0 bridgehead atoms. The number of aromatic nitrogens is 1. The monoisotopic (exact) mass is 390 g/mol. The number of rotatable bonds is 3. The van der Waals surface area contributed by atoms with E-state index in [-0.39, 0.29) is 5.91 Å². The molecule has 3 aromatic rings. The van der Waals surface area contributed by atoms with E-state index in [1.807, 2.05) is 42.7 Å². The van der Waals surface area contributed by atoms with E-state index < -0.39 is 0 Å². The summed E-state index contributed by atoms with van der Waals surface area (Å²) in [6.45, 7) is 8.19. The van der Waals surface area contributed by atoms with E-state index in [4.69, 9.17) is 23.2 Å². The Morgan fingerprint density at radius 2 is 2.04 bits per heavy atom. The second-order valence-corrected chi connectivity index (χ2v) is 7.61. The standard InChI is InChI=1S/C19H16Cl2N2OS/c1-4-7-23-17-15(21)9-13(20)10-16(17)25-19(23)22-18(24)14-6-5-11(2)8-12(14)3/h4-6,8-10H,1,7H2,2-3H3.